The van der Waals surface area contributed by atoms with Gasteiger partial charge in [-0.1, -0.05) is 41.7 Å². The molecule has 23 heavy (non-hydrogen) atoms. The Hall–Kier alpha value is -2.25. The zero-order chi connectivity index (χ0) is 16.7. The third kappa shape index (κ3) is 5.80. The number of benzene rings is 1. The van der Waals surface area contributed by atoms with E-state index in [1.165, 1.54) is 0 Å². The van der Waals surface area contributed by atoms with Crippen molar-refractivity contribution < 1.29 is 14.8 Å². The van der Waals surface area contributed by atoms with Crippen molar-refractivity contribution in [3.8, 4) is 0 Å². The molecule has 1 heterocycles. The van der Waals surface area contributed by atoms with E-state index in [1.807, 2.05) is 30.3 Å². The molecular formula is C16H18N2O4S. The van der Waals surface area contributed by atoms with Crippen molar-refractivity contribution in [1.29, 1.82) is 0 Å². The molecule has 2 rings (SSSR count). The highest BCUT2D eigenvalue weighted by Gasteiger charge is 2.14. The lowest BCUT2D eigenvalue weighted by Crippen LogP contribution is -2.31. The molecule has 0 fully saturated rings. The zero-order valence-corrected chi connectivity index (χ0v) is 13.3. The summed E-state index contributed by atoms with van der Waals surface area (Å²) in [6.45, 7) is 0.488. The summed E-state index contributed by atoms with van der Waals surface area (Å²) in [5.41, 5.74) is 1.97. The lowest BCUT2D eigenvalue weighted by Gasteiger charge is -2.18. The van der Waals surface area contributed by atoms with E-state index >= 15 is 0 Å². The lowest BCUT2D eigenvalue weighted by molar-refractivity contribution is -0.380. The van der Waals surface area contributed by atoms with E-state index in [-0.39, 0.29) is 17.5 Å². The highest BCUT2D eigenvalue weighted by atomic mass is 32.1. The Balaban J connectivity index is 1.95. The Kier molecular flexibility index (Phi) is 6.25. The van der Waals surface area contributed by atoms with Crippen LogP contribution in [0.25, 0.3) is 0 Å². The van der Waals surface area contributed by atoms with E-state index in [4.69, 9.17) is 5.11 Å². The van der Waals surface area contributed by atoms with Crippen molar-refractivity contribution >= 4 is 22.3 Å². The molecule has 1 aromatic heterocycles. The summed E-state index contributed by atoms with van der Waals surface area (Å²) >= 11 is 1.10. The minimum absolute atomic E-state index is 0.00690. The summed E-state index contributed by atoms with van der Waals surface area (Å²) in [6.07, 6.45) is 1.32. The lowest BCUT2D eigenvalue weighted by atomic mass is 10.0. The van der Waals surface area contributed by atoms with Gasteiger partial charge in [0, 0.05) is 30.5 Å². The fraction of sp³-hybridized carbons (Fsp3) is 0.312. The Morgan fingerprint density at radius 1 is 1.30 bits per heavy atom. The molecule has 0 saturated heterocycles. The van der Waals surface area contributed by atoms with Crippen LogP contribution in [0, 0.1) is 10.1 Å². The first-order chi connectivity index (χ1) is 11.0. The number of thiophene rings is 1. The number of aliphatic carboxylic acids is 1. The number of carbonyl (C=O) groups is 1. The van der Waals surface area contributed by atoms with E-state index in [0.717, 1.165) is 28.9 Å². The first kappa shape index (κ1) is 17.1. The van der Waals surface area contributed by atoms with Gasteiger partial charge in [-0.3, -0.25) is 14.9 Å². The minimum Gasteiger partial charge on any atom is -0.481 e. The van der Waals surface area contributed by atoms with E-state index < -0.39 is 10.9 Å². The summed E-state index contributed by atoms with van der Waals surface area (Å²) < 4.78 is 0. The van der Waals surface area contributed by atoms with Crippen LogP contribution in [-0.2, 0) is 17.8 Å². The quantitative estimate of drug-likeness (QED) is 0.542. The van der Waals surface area contributed by atoms with Gasteiger partial charge in [0.1, 0.15) is 0 Å². The monoisotopic (exact) mass is 334 g/mol. The highest BCUT2D eigenvalue weighted by molar-refractivity contribution is 7.13. The van der Waals surface area contributed by atoms with Crippen molar-refractivity contribution in [3.63, 3.8) is 0 Å². The first-order valence-corrected chi connectivity index (χ1v) is 8.13. The Bertz CT molecular complexity index is 657. The van der Waals surface area contributed by atoms with Gasteiger partial charge in [0.2, 0.25) is 0 Å². The molecule has 0 spiro atoms. The molecule has 1 unspecified atom stereocenters. The molecule has 0 aliphatic heterocycles. The van der Waals surface area contributed by atoms with Crippen molar-refractivity contribution in [2.45, 2.75) is 31.8 Å². The number of carboxylic acids is 1. The van der Waals surface area contributed by atoms with Crippen LogP contribution >= 0.6 is 11.3 Å². The number of carboxylic acid groups (broad SMARTS) is 1. The van der Waals surface area contributed by atoms with E-state index in [2.05, 4.69) is 5.32 Å². The number of hydrogen-bond acceptors (Lipinski definition) is 5. The Labute approximate surface area is 137 Å². The van der Waals surface area contributed by atoms with Crippen molar-refractivity contribution in [3.05, 3.63) is 63.0 Å². The summed E-state index contributed by atoms with van der Waals surface area (Å²) in [4.78, 5) is 21.1. The van der Waals surface area contributed by atoms with Crippen LogP contribution in [0.5, 0.6) is 0 Å². The maximum atomic E-state index is 10.8. The van der Waals surface area contributed by atoms with Crippen LogP contribution in [0.1, 0.15) is 24.0 Å². The molecule has 0 radical (unpaired) electrons. The van der Waals surface area contributed by atoms with Crippen LogP contribution in [-0.4, -0.2) is 22.0 Å². The van der Waals surface area contributed by atoms with Gasteiger partial charge in [-0.25, -0.2) is 0 Å². The molecule has 1 aromatic carbocycles. The Morgan fingerprint density at radius 3 is 2.65 bits per heavy atom. The average molecular weight is 334 g/mol. The van der Waals surface area contributed by atoms with Crippen LogP contribution in [0.4, 0.5) is 5.00 Å². The van der Waals surface area contributed by atoms with E-state index in [0.29, 0.717) is 13.0 Å². The Morgan fingerprint density at radius 2 is 2.04 bits per heavy atom. The molecule has 0 amide bonds. The minimum atomic E-state index is -0.823. The maximum absolute atomic E-state index is 10.8. The molecule has 2 aromatic rings. The van der Waals surface area contributed by atoms with Crippen LogP contribution in [0.2, 0.25) is 0 Å². The van der Waals surface area contributed by atoms with Gasteiger partial charge in [0.05, 0.1) is 4.92 Å². The smallest absolute Gasteiger partial charge is 0.324 e. The standard InChI is InChI=1S/C16H18N2O4S/c19-16(20)7-6-14(8-12-4-2-1-3-5-12)17-10-13-9-15(18(21)22)23-11-13/h1-5,9,11,14,17H,6-8,10H2,(H,19,20). The fourth-order valence-corrected chi connectivity index (χ4v) is 3.01. The van der Waals surface area contributed by atoms with Gasteiger partial charge in [0.15, 0.2) is 0 Å². The van der Waals surface area contributed by atoms with Gasteiger partial charge in [-0.15, -0.1) is 0 Å². The molecule has 6 nitrogen and oxygen atoms in total. The maximum Gasteiger partial charge on any atom is 0.324 e. The van der Waals surface area contributed by atoms with Crippen LogP contribution in [0.15, 0.2) is 41.8 Å². The third-order valence-electron chi connectivity index (χ3n) is 3.45. The predicted octanol–water partition coefficient (Wildman–Crippen LogP) is 3.22. The van der Waals surface area contributed by atoms with Gasteiger partial charge in [-0.2, -0.15) is 0 Å². The summed E-state index contributed by atoms with van der Waals surface area (Å²) in [6, 6.07) is 11.4. The third-order valence-corrected chi connectivity index (χ3v) is 4.38. The topological polar surface area (TPSA) is 92.5 Å². The largest absolute Gasteiger partial charge is 0.481 e. The van der Waals surface area contributed by atoms with Gasteiger partial charge < -0.3 is 10.4 Å². The summed E-state index contributed by atoms with van der Waals surface area (Å²) in [7, 11) is 0. The van der Waals surface area contributed by atoms with Crippen LogP contribution in [0.3, 0.4) is 0 Å². The van der Waals surface area contributed by atoms with Crippen LogP contribution < -0.4 is 5.32 Å². The van der Waals surface area contributed by atoms with Crippen molar-refractivity contribution in [1.82, 2.24) is 5.32 Å². The zero-order valence-electron chi connectivity index (χ0n) is 12.5. The molecule has 1 atom stereocenters. The highest BCUT2D eigenvalue weighted by Crippen LogP contribution is 2.22. The first-order valence-electron chi connectivity index (χ1n) is 7.25. The molecule has 0 bridgehead atoms. The number of nitrogens with one attached hydrogen (secondary N) is 1. The summed E-state index contributed by atoms with van der Waals surface area (Å²) in [5, 5.41) is 24.8. The van der Waals surface area contributed by atoms with Gasteiger partial charge in [0.25, 0.3) is 0 Å². The number of rotatable bonds is 9. The van der Waals surface area contributed by atoms with Gasteiger partial charge >= 0.3 is 11.0 Å². The predicted molar refractivity (Wildman–Crippen MR) is 88.6 cm³/mol. The second-order valence-corrected chi connectivity index (χ2v) is 6.14. The normalized spacial score (nSPS) is 12.0. The van der Waals surface area contributed by atoms with Gasteiger partial charge in [-0.05, 0) is 24.0 Å². The molecule has 0 saturated carbocycles. The number of nitrogens with zero attached hydrogens (tertiary/aromatic N) is 1. The van der Waals surface area contributed by atoms with E-state index in [9.17, 15) is 14.9 Å². The molecule has 2 N–H and O–H groups in total. The number of nitro groups is 1. The van der Waals surface area contributed by atoms with E-state index in [1.54, 1.807) is 11.4 Å². The fourth-order valence-electron chi connectivity index (χ4n) is 2.29. The molecule has 122 valence electrons. The second kappa shape index (κ2) is 8.40. The molecule has 0 aliphatic carbocycles. The molecule has 7 heteroatoms. The van der Waals surface area contributed by atoms with Crippen molar-refractivity contribution in [2.24, 2.45) is 0 Å². The number of hydrogen-bond donors (Lipinski definition) is 2. The average Bonchev–Trinajstić information content (AvgIpc) is 3.00. The SMILES string of the molecule is O=C(O)CCC(Cc1ccccc1)NCc1csc([N+](=O)[O-])c1. The van der Waals surface area contributed by atoms with Crippen molar-refractivity contribution in [2.75, 3.05) is 0 Å². The second-order valence-electron chi connectivity index (χ2n) is 5.25. The molecular weight excluding hydrogens is 316 g/mol. The molecule has 0 aliphatic rings. The summed E-state index contributed by atoms with van der Waals surface area (Å²) in [5.74, 6) is -0.823.